The molecule has 0 radical (unpaired) electrons. The predicted octanol–water partition coefficient (Wildman–Crippen LogP) is 4.22. The zero-order valence-corrected chi connectivity index (χ0v) is 11.7. The Bertz CT molecular complexity index is 701. The van der Waals surface area contributed by atoms with E-state index in [9.17, 15) is 0 Å². The summed E-state index contributed by atoms with van der Waals surface area (Å²) in [6.07, 6.45) is 0.827. The quantitative estimate of drug-likeness (QED) is 0.754. The van der Waals surface area contributed by atoms with Crippen LogP contribution in [0.25, 0.3) is 11.0 Å². The highest BCUT2D eigenvalue weighted by atomic mass is 79.9. The minimum absolute atomic E-state index is 0.827. The number of hydrogen-bond donors (Lipinski definition) is 1. The first-order chi connectivity index (χ1) is 8.72. The maximum Gasteiger partial charge on any atom is 0.111 e. The first-order valence-electron chi connectivity index (χ1n) is 5.91. The molecule has 3 heteroatoms. The van der Waals surface area contributed by atoms with Gasteiger partial charge in [-0.05, 0) is 36.2 Å². The number of hydrogen-bond acceptors (Lipinski definition) is 1. The zero-order valence-electron chi connectivity index (χ0n) is 10.1. The fraction of sp³-hybridized carbons (Fsp3) is 0.133. The Balaban J connectivity index is 1.98. The Morgan fingerprint density at radius 1 is 1.17 bits per heavy atom. The molecule has 0 bridgehead atoms. The fourth-order valence-electron chi connectivity index (χ4n) is 2.15. The van der Waals surface area contributed by atoms with Crippen LogP contribution in [0, 0.1) is 6.92 Å². The third-order valence-electron chi connectivity index (χ3n) is 3.02. The zero-order chi connectivity index (χ0) is 12.5. The standard InChI is InChI=1S/C15H13BrN2/c1-10-4-2-7-13-15(10)18-14(17-13)9-11-5-3-6-12(16)8-11/h2-8H,9H2,1H3,(H,17,18). The second-order valence-corrected chi connectivity index (χ2v) is 5.38. The highest BCUT2D eigenvalue weighted by Gasteiger charge is 2.05. The van der Waals surface area contributed by atoms with E-state index in [0.717, 1.165) is 27.8 Å². The van der Waals surface area contributed by atoms with Crippen LogP contribution >= 0.6 is 15.9 Å². The number of nitrogens with one attached hydrogen (secondary N) is 1. The lowest BCUT2D eigenvalue weighted by atomic mass is 10.1. The lowest BCUT2D eigenvalue weighted by molar-refractivity contribution is 1.04. The monoisotopic (exact) mass is 300 g/mol. The van der Waals surface area contributed by atoms with E-state index in [4.69, 9.17) is 0 Å². The highest BCUT2D eigenvalue weighted by Crippen LogP contribution is 2.18. The van der Waals surface area contributed by atoms with E-state index in [-0.39, 0.29) is 0 Å². The normalized spacial score (nSPS) is 11.0. The van der Waals surface area contributed by atoms with Crippen LogP contribution in [0.1, 0.15) is 17.0 Å². The van der Waals surface area contributed by atoms with Gasteiger partial charge in [0.15, 0.2) is 0 Å². The van der Waals surface area contributed by atoms with Crippen molar-refractivity contribution in [1.82, 2.24) is 9.97 Å². The second kappa shape index (κ2) is 4.58. The lowest BCUT2D eigenvalue weighted by Crippen LogP contribution is -1.90. The van der Waals surface area contributed by atoms with E-state index in [1.807, 2.05) is 12.1 Å². The van der Waals surface area contributed by atoms with Gasteiger partial charge in [-0.1, -0.05) is 40.2 Å². The van der Waals surface area contributed by atoms with Crippen molar-refractivity contribution in [2.45, 2.75) is 13.3 Å². The summed E-state index contributed by atoms with van der Waals surface area (Å²) in [5.74, 6) is 1.01. The summed E-state index contributed by atoms with van der Waals surface area (Å²) < 4.78 is 1.10. The van der Waals surface area contributed by atoms with Gasteiger partial charge in [0.25, 0.3) is 0 Å². The summed E-state index contributed by atoms with van der Waals surface area (Å²) >= 11 is 3.49. The summed E-state index contributed by atoms with van der Waals surface area (Å²) in [4.78, 5) is 8.04. The van der Waals surface area contributed by atoms with Gasteiger partial charge in [0.2, 0.25) is 0 Å². The van der Waals surface area contributed by atoms with Crippen molar-refractivity contribution < 1.29 is 0 Å². The van der Waals surface area contributed by atoms with E-state index in [0.29, 0.717) is 0 Å². The Morgan fingerprint density at radius 3 is 2.78 bits per heavy atom. The number of aromatic amines is 1. The molecule has 1 N–H and O–H groups in total. The van der Waals surface area contributed by atoms with E-state index >= 15 is 0 Å². The van der Waals surface area contributed by atoms with Crippen LogP contribution in [0.4, 0.5) is 0 Å². The summed E-state index contributed by atoms with van der Waals surface area (Å²) in [6.45, 7) is 2.09. The molecule has 0 atom stereocenters. The molecule has 90 valence electrons. The summed E-state index contributed by atoms with van der Waals surface area (Å²) in [7, 11) is 0. The van der Waals surface area contributed by atoms with Crippen molar-refractivity contribution >= 4 is 27.0 Å². The Kier molecular flexibility index (Phi) is 2.92. The molecular formula is C15H13BrN2. The van der Waals surface area contributed by atoms with Gasteiger partial charge in [-0.25, -0.2) is 4.98 Å². The first-order valence-corrected chi connectivity index (χ1v) is 6.70. The summed E-state index contributed by atoms with van der Waals surface area (Å²) in [5, 5.41) is 0. The molecule has 2 aromatic carbocycles. The van der Waals surface area contributed by atoms with Crippen LogP contribution in [0.2, 0.25) is 0 Å². The van der Waals surface area contributed by atoms with Crippen molar-refractivity contribution in [3.63, 3.8) is 0 Å². The van der Waals surface area contributed by atoms with Crippen molar-refractivity contribution in [3.05, 3.63) is 63.9 Å². The Hall–Kier alpha value is -1.61. The van der Waals surface area contributed by atoms with Gasteiger partial charge in [-0.15, -0.1) is 0 Å². The average molecular weight is 301 g/mol. The summed E-state index contributed by atoms with van der Waals surface area (Å²) in [6, 6.07) is 14.5. The third kappa shape index (κ3) is 2.18. The Labute approximate surface area is 114 Å². The molecule has 18 heavy (non-hydrogen) atoms. The minimum Gasteiger partial charge on any atom is -0.342 e. The van der Waals surface area contributed by atoms with Crippen LogP contribution in [0.3, 0.4) is 0 Å². The largest absolute Gasteiger partial charge is 0.342 e. The average Bonchev–Trinajstić information content (AvgIpc) is 2.73. The number of benzene rings is 2. The van der Waals surface area contributed by atoms with Gasteiger partial charge >= 0.3 is 0 Å². The number of rotatable bonds is 2. The first kappa shape index (κ1) is 11.5. The molecule has 3 aromatic rings. The molecular weight excluding hydrogens is 288 g/mol. The third-order valence-corrected chi connectivity index (χ3v) is 3.52. The van der Waals surface area contributed by atoms with Crippen molar-refractivity contribution in [3.8, 4) is 0 Å². The molecule has 0 unspecified atom stereocenters. The van der Waals surface area contributed by atoms with Gasteiger partial charge in [-0.3, -0.25) is 0 Å². The maximum absolute atomic E-state index is 4.67. The van der Waals surface area contributed by atoms with Gasteiger partial charge in [0, 0.05) is 10.9 Å². The van der Waals surface area contributed by atoms with E-state index in [2.05, 4.69) is 63.2 Å². The molecule has 0 aliphatic carbocycles. The van der Waals surface area contributed by atoms with E-state index in [1.165, 1.54) is 11.1 Å². The molecule has 0 amide bonds. The van der Waals surface area contributed by atoms with Gasteiger partial charge < -0.3 is 4.98 Å². The van der Waals surface area contributed by atoms with Gasteiger partial charge in [0.1, 0.15) is 5.82 Å². The number of fused-ring (bicyclic) bond motifs is 1. The van der Waals surface area contributed by atoms with Crippen LogP contribution in [-0.4, -0.2) is 9.97 Å². The molecule has 1 heterocycles. The molecule has 0 fully saturated rings. The van der Waals surface area contributed by atoms with Crippen LogP contribution in [0.5, 0.6) is 0 Å². The molecule has 0 aliphatic rings. The molecule has 0 aliphatic heterocycles. The SMILES string of the molecule is Cc1cccc2[nH]c(Cc3cccc(Br)c3)nc12. The van der Waals surface area contributed by atoms with Gasteiger partial charge in [0.05, 0.1) is 11.0 Å². The lowest BCUT2D eigenvalue weighted by Gasteiger charge is -1.98. The van der Waals surface area contributed by atoms with Crippen LogP contribution < -0.4 is 0 Å². The number of nitrogens with zero attached hydrogens (tertiary/aromatic N) is 1. The van der Waals surface area contributed by atoms with Crippen molar-refractivity contribution in [2.75, 3.05) is 0 Å². The predicted molar refractivity (Wildman–Crippen MR) is 77.8 cm³/mol. The van der Waals surface area contributed by atoms with Crippen molar-refractivity contribution in [1.29, 1.82) is 0 Å². The highest BCUT2D eigenvalue weighted by molar-refractivity contribution is 9.10. The molecule has 2 nitrogen and oxygen atoms in total. The molecule has 3 rings (SSSR count). The van der Waals surface area contributed by atoms with Crippen molar-refractivity contribution in [2.24, 2.45) is 0 Å². The second-order valence-electron chi connectivity index (χ2n) is 4.46. The van der Waals surface area contributed by atoms with Crippen LogP contribution in [-0.2, 0) is 6.42 Å². The smallest absolute Gasteiger partial charge is 0.111 e. The van der Waals surface area contributed by atoms with Crippen LogP contribution in [0.15, 0.2) is 46.9 Å². The number of para-hydroxylation sites is 1. The number of aromatic nitrogens is 2. The van der Waals surface area contributed by atoms with E-state index < -0.39 is 0 Å². The van der Waals surface area contributed by atoms with E-state index in [1.54, 1.807) is 0 Å². The number of H-pyrrole nitrogens is 1. The molecule has 0 saturated heterocycles. The maximum atomic E-state index is 4.67. The topological polar surface area (TPSA) is 28.7 Å². The summed E-state index contributed by atoms with van der Waals surface area (Å²) in [5.41, 5.74) is 4.65. The number of aryl methyl sites for hydroxylation is 1. The fourth-order valence-corrected chi connectivity index (χ4v) is 2.60. The van der Waals surface area contributed by atoms with Gasteiger partial charge in [-0.2, -0.15) is 0 Å². The molecule has 0 saturated carbocycles. The minimum atomic E-state index is 0.827. The number of halogens is 1. The molecule has 0 spiro atoms. The Morgan fingerprint density at radius 2 is 2.00 bits per heavy atom. The molecule has 1 aromatic heterocycles. The number of imidazole rings is 1.